The average molecular weight is 517 g/mol. The normalized spacial score (nSPS) is 13.5. The van der Waals surface area contributed by atoms with E-state index in [4.69, 9.17) is 20.3 Å². The van der Waals surface area contributed by atoms with Crippen molar-refractivity contribution in [2.75, 3.05) is 44.4 Å². The Labute approximate surface area is 216 Å². The van der Waals surface area contributed by atoms with Crippen molar-refractivity contribution in [3.05, 3.63) is 51.2 Å². The molecular formula is C25H36N6O6. The summed E-state index contributed by atoms with van der Waals surface area (Å²) >= 11 is 0. The van der Waals surface area contributed by atoms with Crippen molar-refractivity contribution in [1.82, 2.24) is 14.9 Å². The van der Waals surface area contributed by atoms with Gasteiger partial charge < -0.3 is 25.2 Å². The van der Waals surface area contributed by atoms with Gasteiger partial charge in [-0.3, -0.25) is 19.8 Å². The van der Waals surface area contributed by atoms with Crippen LogP contribution >= 0.6 is 0 Å². The zero-order valence-electron chi connectivity index (χ0n) is 21.3. The molecule has 202 valence electrons. The number of carbonyl (C=O) groups excluding carboxylic acids is 1. The lowest BCUT2D eigenvalue weighted by Gasteiger charge is -2.24. The van der Waals surface area contributed by atoms with Crippen LogP contribution in [0.1, 0.15) is 49.4 Å². The summed E-state index contributed by atoms with van der Waals surface area (Å²) in [6, 6.07) is 7.87. The number of likely N-dealkylation sites (tertiary alicyclic amines) is 1. The Morgan fingerprint density at radius 3 is 2.68 bits per heavy atom. The van der Waals surface area contributed by atoms with Crippen LogP contribution in [0.4, 0.5) is 11.5 Å². The van der Waals surface area contributed by atoms with Crippen molar-refractivity contribution in [2.45, 2.75) is 52.2 Å². The van der Waals surface area contributed by atoms with E-state index in [1.165, 1.54) is 17.7 Å². The number of ether oxygens (including phenoxy) is 2. The average Bonchev–Trinajstić information content (AvgIpc) is 3.39. The first-order valence-corrected chi connectivity index (χ1v) is 12.6. The molecule has 0 aliphatic carbocycles. The molecule has 2 aromatic rings. The highest BCUT2D eigenvalue weighted by Crippen LogP contribution is 2.32. The van der Waals surface area contributed by atoms with Crippen molar-refractivity contribution >= 4 is 17.5 Å². The molecule has 12 nitrogen and oxygen atoms in total. The second-order valence-electron chi connectivity index (χ2n) is 8.83. The maximum absolute atomic E-state index is 12.5. The predicted octanol–water partition coefficient (Wildman–Crippen LogP) is 2.16. The van der Waals surface area contributed by atoms with Crippen molar-refractivity contribution in [2.24, 2.45) is 5.73 Å². The standard InChI is InChI=1S/C25H36N6O6/c1-2-36-22(33)18-30(17-20-9-7-8-19(14-20)16-29-10-3-4-11-29)24-23(31(34)35)21(15-26)27-25(28-24)37-13-6-5-12-32/h7-9,14,32H,2-6,10-13,15-18,26H2,1H3. The van der Waals surface area contributed by atoms with E-state index in [0.29, 0.717) is 12.8 Å². The highest BCUT2D eigenvalue weighted by atomic mass is 16.6. The largest absolute Gasteiger partial charge is 0.465 e. The summed E-state index contributed by atoms with van der Waals surface area (Å²) in [5, 5.41) is 21.1. The van der Waals surface area contributed by atoms with Gasteiger partial charge in [-0.1, -0.05) is 24.3 Å². The van der Waals surface area contributed by atoms with Gasteiger partial charge in [-0.05, 0) is 56.8 Å². The molecule has 0 spiro atoms. The summed E-state index contributed by atoms with van der Waals surface area (Å²) in [4.78, 5) is 36.4. The molecule has 0 amide bonds. The molecule has 0 bridgehead atoms. The van der Waals surface area contributed by atoms with Gasteiger partial charge in [-0.2, -0.15) is 9.97 Å². The topological polar surface area (TPSA) is 157 Å². The van der Waals surface area contributed by atoms with E-state index in [9.17, 15) is 14.9 Å². The Hall–Kier alpha value is -3.35. The lowest BCUT2D eigenvalue weighted by molar-refractivity contribution is -0.385. The van der Waals surface area contributed by atoms with Crippen LogP contribution in [0.3, 0.4) is 0 Å². The minimum Gasteiger partial charge on any atom is -0.465 e. The molecule has 1 aliphatic heterocycles. The Morgan fingerprint density at radius 1 is 1.24 bits per heavy atom. The van der Waals surface area contributed by atoms with Gasteiger partial charge in [-0.15, -0.1) is 0 Å². The molecule has 37 heavy (non-hydrogen) atoms. The van der Waals surface area contributed by atoms with Crippen molar-refractivity contribution in [3.8, 4) is 6.01 Å². The molecule has 0 atom stereocenters. The quantitative estimate of drug-likeness (QED) is 0.155. The van der Waals surface area contributed by atoms with Gasteiger partial charge >= 0.3 is 17.7 Å². The Kier molecular flexibility index (Phi) is 11.0. The van der Waals surface area contributed by atoms with Crippen molar-refractivity contribution in [1.29, 1.82) is 0 Å². The maximum atomic E-state index is 12.5. The third-order valence-corrected chi connectivity index (χ3v) is 5.97. The van der Waals surface area contributed by atoms with Crippen LogP contribution in [0.2, 0.25) is 0 Å². The van der Waals surface area contributed by atoms with Gasteiger partial charge in [0.1, 0.15) is 12.2 Å². The Bertz CT molecular complexity index is 1050. The first-order valence-electron chi connectivity index (χ1n) is 12.6. The lowest BCUT2D eigenvalue weighted by Crippen LogP contribution is -2.32. The number of aliphatic hydroxyl groups is 1. The minimum absolute atomic E-state index is 0.00352. The number of nitro groups is 1. The van der Waals surface area contributed by atoms with Crippen LogP contribution in [-0.4, -0.2) is 70.3 Å². The monoisotopic (exact) mass is 516 g/mol. The summed E-state index contributed by atoms with van der Waals surface area (Å²) in [6.45, 7) is 4.78. The first-order chi connectivity index (χ1) is 17.9. The summed E-state index contributed by atoms with van der Waals surface area (Å²) in [6.07, 6.45) is 3.48. The van der Waals surface area contributed by atoms with E-state index >= 15 is 0 Å². The number of nitrogens with two attached hydrogens (primary N) is 1. The smallest absolute Gasteiger partial charge is 0.334 e. The van der Waals surface area contributed by atoms with E-state index in [2.05, 4.69) is 20.9 Å². The highest BCUT2D eigenvalue weighted by Gasteiger charge is 2.30. The van der Waals surface area contributed by atoms with E-state index in [1.807, 2.05) is 18.2 Å². The van der Waals surface area contributed by atoms with Crippen LogP contribution in [0, 0.1) is 10.1 Å². The Balaban J connectivity index is 1.96. The van der Waals surface area contributed by atoms with Crippen molar-refractivity contribution in [3.63, 3.8) is 0 Å². The first kappa shape index (κ1) is 28.2. The van der Waals surface area contributed by atoms with Crippen molar-refractivity contribution < 1.29 is 24.3 Å². The number of anilines is 1. The zero-order valence-corrected chi connectivity index (χ0v) is 21.3. The van der Waals surface area contributed by atoms with Gasteiger partial charge in [0.15, 0.2) is 0 Å². The molecule has 3 rings (SSSR count). The molecule has 1 aliphatic rings. The second kappa shape index (κ2) is 14.4. The van der Waals surface area contributed by atoms with Crippen LogP contribution in [0.25, 0.3) is 0 Å². The number of benzene rings is 1. The summed E-state index contributed by atoms with van der Waals surface area (Å²) in [5.74, 6) is -0.598. The van der Waals surface area contributed by atoms with Gasteiger partial charge in [0.25, 0.3) is 0 Å². The molecule has 3 N–H and O–H groups in total. The van der Waals surface area contributed by atoms with E-state index in [0.717, 1.165) is 30.8 Å². The second-order valence-corrected chi connectivity index (χ2v) is 8.83. The molecule has 0 saturated carbocycles. The molecule has 1 aromatic carbocycles. The molecule has 1 saturated heterocycles. The molecule has 1 fully saturated rings. The summed E-state index contributed by atoms with van der Waals surface area (Å²) in [5.41, 5.74) is 7.43. The van der Waals surface area contributed by atoms with Gasteiger partial charge in [0.05, 0.1) is 18.1 Å². The van der Waals surface area contributed by atoms with Gasteiger partial charge in [-0.25, -0.2) is 0 Å². The summed E-state index contributed by atoms with van der Waals surface area (Å²) in [7, 11) is 0. The third-order valence-electron chi connectivity index (χ3n) is 5.97. The molecule has 0 unspecified atom stereocenters. The number of hydrogen-bond donors (Lipinski definition) is 2. The molecule has 0 radical (unpaired) electrons. The number of unbranched alkanes of at least 4 members (excludes halogenated alkanes) is 1. The lowest BCUT2D eigenvalue weighted by atomic mass is 10.1. The number of rotatable bonds is 15. The summed E-state index contributed by atoms with van der Waals surface area (Å²) < 4.78 is 10.8. The van der Waals surface area contributed by atoms with Crippen LogP contribution in [-0.2, 0) is 29.2 Å². The number of esters is 1. The Morgan fingerprint density at radius 2 is 2.00 bits per heavy atom. The number of carbonyl (C=O) groups is 1. The van der Waals surface area contributed by atoms with Gasteiger partial charge in [0.2, 0.25) is 5.82 Å². The van der Waals surface area contributed by atoms with Crippen LogP contribution < -0.4 is 15.4 Å². The predicted molar refractivity (Wildman–Crippen MR) is 137 cm³/mol. The van der Waals surface area contributed by atoms with E-state index in [1.54, 1.807) is 6.92 Å². The molecular weight excluding hydrogens is 480 g/mol. The number of nitrogens with zero attached hydrogens (tertiary/aromatic N) is 5. The van der Waals surface area contributed by atoms with Crippen LogP contribution in [0.15, 0.2) is 24.3 Å². The molecule has 2 heterocycles. The van der Waals surface area contributed by atoms with E-state index < -0.39 is 10.9 Å². The van der Waals surface area contributed by atoms with Crippen LogP contribution in [0.5, 0.6) is 6.01 Å². The molecule has 12 heteroatoms. The number of aromatic nitrogens is 2. The number of aliphatic hydroxyl groups excluding tert-OH is 1. The molecule has 1 aromatic heterocycles. The van der Waals surface area contributed by atoms with Gasteiger partial charge in [0, 0.05) is 26.2 Å². The fourth-order valence-corrected chi connectivity index (χ4v) is 4.27. The highest BCUT2D eigenvalue weighted by molar-refractivity contribution is 5.77. The third kappa shape index (κ3) is 8.34. The maximum Gasteiger partial charge on any atom is 0.334 e. The van der Waals surface area contributed by atoms with E-state index in [-0.39, 0.29) is 62.7 Å². The fraction of sp³-hybridized carbons (Fsp3) is 0.560. The minimum atomic E-state index is -0.588. The fourth-order valence-electron chi connectivity index (χ4n) is 4.27. The SMILES string of the molecule is CCOC(=O)CN(Cc1cccc(CN2CCCC2)c1)c1nc(OCCCCO)nc(CN)c1[N+](=O)[O-]. The zero-order chi connectivity index (χ0) is 26.6. The number of hydrogen-bond acceptors (Lipinski definition) is 11.